The fraction of sp³-hybridized carbons (Fsp3) is 0.353. The lowest BCUT2D eigenvalue weighted by Gasteiger charge is -2.33. The molecule has 124 valence electrons. The number of benzene rings is 1. The summed E-state index contributed by atoms with van der Waals surface area (Å²) in [4.78, 5) is 14.4. The lowest BCUT2D eigenvalue weighted by Crippen LogP contribution is -2.49. The van der Waals surface area contributed by atoms with Crippen LogP contribution in [0.4, 0.5) is 16.2 Å². The number of nitriles is 1. The van der Waals surface area contributed by atoms with Gasteiger partial charge in [0.2, 0.25) is 0 Å². The van der Waals surface area contributed by atoms with Crippen LogP contribution in [0.5, 0.6) is 0 Å². The summed E-state index contributed by atoms with van der Waals surface area (Å²) >= 11 is 0. The van der Waals surface area contributed by atoms with Crippen molar-refractivity contribution in [2.24, 2.45) is 7.05 Å². The molecule has 2 aromatic rings. The largest absolute Gasteiger partial charge is 0.367 e. The molecule has 2 heterocycles. The van der Waals surface area contributed by atoms with Crippen molar-refractivity contribution in [2.45, 2.75) is 18.9 Å². The first-order valence-corrected chi connectivity index (χ1v) is 7.95. The smallest absolute Gasteiger partial charge is 0.319 e. The van der Waals surface area contributed by atoms with Gasteiger partial charge in [0, 0.05) is 38.1 Å². The molecule has 7 nitrogen and oxygen atoms in total. The van der Waals surface area contributed by atoms with Gasteiger partial charge in [-0.1, -0.05) is 6.07 Å². The molecule has 24 heavy (non-hydrogen) atoms. The third-order valence-corrected chi connectivity index (χ3v) is 4.06. The SMILES string of the molecule is Cn1cc(N2CCC[C@@H](NC(=O)Nc3cccc(C#N)c3)C2)cn1. The highest BCUT2D eigenvalue weighted by Gasteiger charge is 2.22. The molecule has 0 aliphatic carbocycles. The van der Waals surface area contributed by atoms with E-state index in [1.54, 1.807) is 28.9 Å². The van der Waals surface area contributed by atoms with Crippen molar-refractivity contribution >= 4 is 17.4 Å². The third-order valence-electron chi connectivity index (χ3n) is 4.06. The van der Waals surface area contributed by atoms with Gasteiger partial charge in [0.1, 0.15) is 0 Å². The second-order valence-electron chi connectivity index (χ2n) is 5.95. The molecule has 2 amide bonds. The number of carbonyl (C=O) groups is 1. The minimum atomic E-state index is -0.247. The van der Waals surface area contributed by atoms with E-state index in [0.717, 1.165) is 31.6 Å². The zero-order valence-corrected chi connectivity index (χ0v) is 13.6. The Morgan fingerprint density at radius 3 is 3.08 bits per heavy atom. The second kappa shape index (κ2) is 7.04. The molecular weight excluding hydrogens is 304 g/mol. The fourth-order valence-electron chi connectivity index (χ4n) is 2.92. The van der Waals surface area contributed by atoms with Gasteiger partial charge in [0.25, 0.3) is 0 Å². The summed E-state index contributed by atoms with van der Waals surface area (Å²) in [5.41, 5.74) is 2.21. The Balaban J connectivity index is 1.57. The van der Waals surface area contributed by atoms with Crippen molar-refractivity contribution in [1.82, 2.24) is 15.1 Å². The van der Waals surface area contributed by atoms with Crippen molar-refractivity contribution in [3.05, 3.63) is 42.2 Å². The topological polar surface area (TPSA) is 86.0 Å². The molecule has 1 aromatic heterocycles. The molecule has 1 atom stereocenters. The Hall–Kier alpha value is -3.01. The van der Waals surface area contributed by atoms with Crippen LogP contribution in [0.15, 0.2) is 36.7 Å². The molecule has 0 spiro atoms. The maximum Gasteiger partial charge on any atom is 0.319 e. The summed E-state index contributed by atoms with van der Waals surface area (Å²) in [5.74, 6) is 0. The average molecular weight is 324 g/mol. The van der Waals surface area contributed by atoms with Gasteiger partial charge in [-0.2, -0.15) is 10.4 Å². The molecule has 1 aromatic carbocycles. The Kier molecular flexibility index (Phi) is 4.66. The molecule has 7 heteroatoms. The summed E-state index contributed by atoms with van der Waals surface area (Å²) in [7, 11) is 1.89. The van der Waals surface area contributed by atoms with Gasteiger partial charge >= 0.3 is 6.03 Å². The number of carbonyl (C=O) groups excluding carboxylic acids is 1. The highest BCUT2D eigenvalue weighted by atomic mass is 16.2. The molecule has 1 aliphatic heterocycles. The molecule has 0 unspecified atom stereocenters. The number of piperidine rings is 1. The molecule has 1 saturated heterocycles. The van der Waals surface area contributed by atoms with E-state index in [2.05, 4.69) is 26.7 Å². The number of aryl methyl sites for hydroxylation is 1. The predicted octanol–water partition coefficient (Wildman–Crippen LogP) is 2.08. The first-order valence-electron chi connectivity index (χ1n) is 7.95. The Morgan fingerprint density at radius 2 is 2.33 bits per heavy atom. The number of aromatic nitrogens is 2. The zero-order valence-electron chi connectivity index (χ0n) is 13.6. The number of rotatable bonds is 3. The van der Waals surface area contributed by atoms with E-state index in [1.165, 1.54) is 0 Å². The van der Waals surface area contributed by atoms with Crippen LogP contribution >= 0.6 is 0 Å². The van der Waals surface area contributed by atoms with Crippen molar-refractivity contribution in [1.29, 1.82) is 5.26 Å². The lowest BCUT2D eigenvalue weighted by molar-refractivity contribution is 0.246. The summed E-state index contributed by atoms with van der Waals surface area (Å²) < 4.78 is 1.78. The Morgan fingerprint density at radius 1 is 1.46 bits per heavy atom. The predicted molar refractivity (Wildman–Crippen MR) is 91.8 cm³/mol. The molecular formula is C17H20N6O. The van der Waals surface area contributed by atoms with Crippen molar-refractivity contribution < 1.29 is 4.79 Å². The van der Waals surface area contributed by atoms with E-state index in [-0.39, 0.29) is 12.1 Å². The van der Waals surface area contributed by atoms with Gasteiger partial charge in [-0.25, -0.2) is 4.79 Å². The van der Waals surface area contributed by atoms with Gasteiger partial charge < -0.3 is 15.5 Å². The maximum absolute atomic E-state index is 12.2. The minimum Gasteiger partial charge on any atom is -0.367 e. The highest BCUT2D eigenvalue weighted by molar-refractivity contribution is 5.89. The number of hydrogen-bond acceptors (Lipinski definition) is 4. The molecule has 1 aliphatic rings. The van der Waals surface area contributed by atoms with Crippen LogP contribution in [0.2, 0.25) is 0 Å². The van der Waals surface area contributed by atoms with E-state index in [0.29, 0.717) is 11.3 Å². The molecule has 2 N–H and O–H groups in total. The first-order chi connectivity index (χ1) is 11.6. The van der Waals surface area contributed by atoms with Gasteiger partial charge in [-0.3, -0.25) is 4.68 Å². The van der Waals surface area contributed by atoms with Crippen molar-refractivity contribution in [3.8, 4) is 6.07 Å². The zero-order chi connectivity index (χ0) is 16.9. The highest BCUT2D eigenvalue weighted by Crippen LogP contribution is 2.19. The number of nitrogens with one attached hydrogen (secondary N) is 2. The summed E-state index contributed by atoms with van der Waals surface area (Å²) in [6.45, 7) is 1.73. The average Bonchev–Trinajstić information content (AvgIpc) is 3.02. The van der Waals surface area contributed by atoms with Gasteiger partial charge in [0.15, 0.2) is 0 Å². The summed E-state index contributed by atoms with van der Waals surface area (Å²) in [5, 5.41) is 18.9. The number of urea groups is 1. The summed E-state index contributed by atoms with van der Waals surface area (Å²) in [6.07, 6.45) is 5.79. The van der Waals surface area contributed by atoms with Crippen LogP contribution in [0.3, 0.4) is 0 Å². The van der Waals surface area contributed by atoms with Crippen molar-refractivity contribution in [2.75, 3.05) is 23.3 Å². The maximum atomic E-state index is 12.2. The van der Waals surface area contributed by atoms with Crippen LogP contribution in [-0.4, -0.2) is 34.9 Å². The van der Waals surface area contributed by atoms with Crippen LogP contribution in [0, 0.1) is 11.3 Å². The number of hydrogen-bond donors (Lipinski definition) is 2. The van der Waals surface area contributed by atoms with Gasteiger partial charge in [-0.05, 0) is 31.0 Å². The molecule has 0 saturated carbocycles. The molecule has 1 fully saturated rings. The fourth-order valence-corrected chi connectivity index (χ4v) is 2.92. The molecule has 0 radical (unpaired) electrons. The first kappa shape index (κ1) is 15.9. The standard InChI is InChI=1S/C17H20N6O/c1-22-12-16(10-19-22)23-7-3-6-15(11-23)21-17(24)20-14-5-2-4-13(8-14)9-18/h2,4-5,8,10,12,15H,3,6-7,11H2,1H3,(H2,20,21,24)/t15-/m1/s1. The van der Waals surface area contributed by atoms with Crippen LogP contribution < -0.4 is 15.5 Å². The normalized spacial score (nSPS) is 17.2. The van der Waals surface area contributed by atoms with E-state index in [1.807, 2.05) is 19.4 Å². The van der Waals surface area contributed by atoms with Gasteiger partial charge in [0.05, 0.1) is 23.5 Å². The van der Waals surface area contributed by atoms with Crippen LogP contribution in [-0.2, 0) is 7.05 Å². The van der Waals surface area contributed by atoms with E-state index in [4.69, 9.17) is 5.26 Å². The molecule has 0 bridgehead atoms. The van der Waals surface area contributed by atoms with Crippen LogP contribution in [0.25, 0.3) is 0 Å². The minimum absolute atomic E-state index is 0.0816. The Labute approximate surface area is 140 Å². The Bertz CT molecular complexity index is 762. The van der Waals surface area contributed by atoms with Gasteiger partial charge in [-0.15, -0.1) is 0 Å². The number of anilines is 2. The summed E-state index contributed by atoms with van der Waals surface area (Å²) in [6, 6.07) is 8.77. The lowest BCUT2D eigenvalue weighted by atomic mass is 10.1. The quantitative estimate of drug-likeness (QED) is 0.905. The third kappa shape index (κ3) is 3.84. The monoisotopic (exact) mass is 324 g/mol. The molecule has 3 rings (SSSR count). The van der Waals surface area contributed by atoms with Crippen LogP contribution in [0.1, 0.15) is 18.4 Å². The second-order valence-corrected chi connectivity index (χ2v) is 5.95. The van der Waals surface area contributed by atoms with E-state index in [9.17, 15) is 4.79 Å². The number of amides is 2. The number of nitrogens with zero attached hydrogens (tertiary/aromatic N) is 4. The van der Waals surface area contributed by atoms with E-state index >= 15 is 0 Å². The van der Waals surface area contributed by atoms with E-state index < -0.39 is 0 Å². The van der Waals surface area contributed by atoms with Crippen molar-refractivity contribution in [3.63, 3.8) is 0 Å².